The second-order valence-electron chi connectivity index (χ2n) is 4.88. The Balaban J connectivity index is 1.87. The number of hydrogen-bond donors (Lipinski definition) is 6. The summed E-state index contributed by atoms with van der Waals surface area (Å²) in [5.41, 5.74) is 18.2. The van der Waals surface area contributed by atoms with E-state index in [2.05, 4.69) is 20.6 Å². The predicted molar refractivity (Wildman–Crippen MR) is 93.6 cm³/mol. The van der Waals surface area contributed by atoms with E-state index in [9.17, 15) is 4.79 Å². The monoisotopic (exact) mass is 348 g/mol. The molecule has 0 aliphatic heterocycles. The second-order valence-corrected chi connectivity index (χ2v) is 5.24. The lowest BCUT2D eigenvalue weighted by atomic mass is 10.1. The van der Waals surface area contributed by atoms with Crippen LogP contribution in [0.2, 0.25) is 5.15 Å². The lowest BCUT2D eigenvalue weighted by Gasteiger charge is -2.10. The zero-order valence-corrected chi connectivity index (χ0v) is 13.4. The molecule has 0 radical (unpaired) electrons. The number of carbonyl (C=O) groups is 1. The fourth-order valence-corrected chi connectivity index (χ4v) is 1.97. The molecule has 1 aromatic carbocycles. The molecule has 24 heavy (non-hydrogen) atoms. The van der Waals surface area contributed by atoms with Crippen molar-refractivity contribution in [3.63, 3.8) is 0 Å². The van der Waals surface area contributed by atoms with Crippen LogP contribution in [0.1, 0.15) is 16.1 Å². The average molecular weight is 349 g/mol. The van der Waals surface area contributed by atoms with E-state index < -0.39 is 5.91 Å². The Kier molecular flexibility index (Phi) is 5.38. The Morgan fingerprint density at radius 2 is 1.79 bits per heavy atom. The van der Waals surface area contributed by atoms with Crippen molar-refractivity contribution in [2.45, 2.75) is 6.42 Å². The zero-order chi connectivity index (χ0) is 17.7. The van der Waals surface area contributed by atoms with E-state index in [0.717, 1.165) is 5.56 Å². The Hall–Kier alpha value is -3.07. The first-order valence-corrected chi connectivity index (χ1v) is 7.31. The lowest BCUT2D eigenvalue weighted by molar-refractivity contribution is 0.0971. The van der Waals surface area contributed by atoms with Gasteiger partial charge in [0, 0.05) is 12.2 Å². The Labute approximate surface area is 143 Å². The highest BCUT2D eigenvalue weighted by Crippen LogP contribution is 2.17. The van der Waals surface area contributed by atoms with Crippen molar-refractivity contribution in [3.8, 4) is 0 Å². The Bertz CT molecular complexity index is 762. The van der Waals surface area contributed by atoms with E-state index in [1.54, 1.807) is 12.1 Å². The molecule has 2 aromatic rings. The van der Waals surface area contributed by atoms with Crippen molar-refractivity contribution >= 4 is 40.8 Å². The van der Waals surface area contributed by atoms with Crippen LogP contribution in [0.5, 0.6) is 0 Å². The highest BCUT2D eigenvalue weighted by molar-refractivity contribution is 6.31. The largest absolute Gasteiger partial charge is 0.399 e. The average Bonchev–Trinajstić information content (AvgIpc) is 2.52. The fraction of sp³-hybridized carbons (Fsp3) is 0.143. The minimum absolute atomic E-state index is 0.0672. The maximum atomic E-state index is 12.0. The molecule has 9 nitrogen and oxygen atoms in total. The Morgan fingerprint density at radius 1 is 1.12 bits per heavy atom. The number of nitrogens with zero attached hydrogens (tertiary/aromatic N) is 2. The molecule has 0 saturated heterocycles. The summed E-state index contributed by atoms with van der Waals surface area (Å²) in [6.45, 7) is 0.451. The molecular formula is C14H17ClN8O. The van der Waals surface area contributed by atoms with Crippen molar-refractivity contribution in [1.29, 1.82) is 5.41 Å². The van der Waals surface area contributed by atoms with Gasteiger partial charge in [-0.2, -0.15) is 0 Å². The normalized spacial score (nSPS) is 10.2. The van der Waals surface area contributed by atoms with Gasteiger partial charge in [-0.1, -0.05) is 23.7 Å². The number of benzene rings is 1. The molecule has 1 amide bonds. The lowest BCUT2D eigenvalue weighted by Crippen LogP contribution is -2.41. The number of halogens is 1. The van der Waals surface area contributed by atoms with Crippen LogP contribution in [0, 0.1) is 5.41 Å². The number of nitrogen functional groups attached to an aromatic ring is 3. The molecule has 0 fully saturated rings. The summed E-state index contributed by atoms with van der Waals surface area (Å²) in [6, 6.07) is 7.39. The molecule has 0 aliphatic carbocycles. The van der Waals surface area contributed by atoms with Crippen LogP contribution in [0.3, 0.4) is 0 Å². The summed E-state index contributed by atoms with van der Waals surface area (Å²) in [4.78, 5) is 19.5. The highest BCUT2D eigenvalue weighted by atomic mass is 35.5. The van der Waals surface area contributed by atoms with Crippen molar-refractivity contribution in [3.05, 3.63) is 40.7 Å². The van der Waals surface area contributed by atoms with Gasteiger partial charge in [0.05, 0.1) is 0 Å². The van der Waals surface area contributed by atoms with Gasteiger partial charge in [-0.05, 0) is 24.1 Å². The number of nitrogens with two attached hydrogens (primary N) is 3. The van der Waals surface area contributed by atoms with Gasteiger partial charge in [0.1, 0.15) is 0 Å². The maximum Gasteiger partial charge on any atom is 0.280 e. The molecule has 0 bridgehead atoms. The van der Waals surface area contributed by atoms with Crippen molar-refractivity contribution in [2.24, 2.45) is 0 Å². The van der Waals surface area contributed by atoms with Crippen LogP contribution in [-0.2, 0) is 6.42 Å². The van der Waals surface area contributed by atoms with Crippen LogP contribution in [0.4, 0.5) is 17.3 Å². The van der Waals surface area contributed by atoms with E-state index in [1.807, 2.05) is 12.1 Å². The van der Waals surface area contributed by atoms with Crippen LogP contribution < -0.4 is 27.8 Å². The molecule has 0 atom stereocenters. The minimum Gasteiger partial charge on any atom is -0.399 e. The molecule has 0 spiro atoms. The van der Waals surface area contributed by atoms with Gasteiger partial charge in [0.15, 0.2) is 28.4 Å². The zero-order valence-electron chi connectivity index (χ0n) is 12.6. The van der Waals surface area contributed by atoms with Gasteiger partial charge >= 0.3 is 0 Å². The van der Waals surface area contributed by atoms with Crippen molar-refractivity contribution in [1.82, 2.24) is 20.6 Å². The fourth-order valence-electron chi connectivity index (χ4n) is 1.84. The third-order valence-corrected chi connectivity index (χ3v) is 3.33. The van der Waals surface area contributed by atoms with E-state index in [0.29, 0.717) is 18.7 Å². The topological polar surface area (TPSA) is 169 Å². The van der Waals surface area contributed by atoms with E-state index in [1.165, 1.54) is 0 Å². The van der Waals surface area contributed by atoms with Gasteiger partial charge in [-0.15, -0.1) is 0 Å². The first-order valence-electron chi connectivity index (χ1n) is 6.93. The first-order chi connectivity index (χ1) is 11.4. The highest BCUT2D eigenvalue weighted by Gasteiger charge is 2.16. The third kappa shape index (κ3) is 4.46. The summed E-state index contributed by atoms with van der Waals surface area (Å²) in [7, 11) is 0. The predicted octanol–water partition coefficient (Wildman–Crippen LogP) is 0.373. The smallest absolute Gasteiger partial charge is 0.280 e. The number of guanidine groups is 1. The number of carbonyl (C=O) groups excluding carboxylic acids is 1. The number of nitrogens with one attached hydrogen (secondary N) is 3. The Morgan fingerprint density at radius 3 is 2.46 bits per heavy atom. The van der Waals surface area contributed by atoms with Gasteiger partial charge in [0.25, 0.3) is 5.91 Å². The van der Waals surface area contributed by atoms with Crippen LogP contribution in [0.25, 0.3) is 0 Å². The van der Waals surface area contributed by atoms with E-state index >= 15 is 0 Å². The first kappa shape index (κ1) is 17.3. The van der Waals surface area contributed by atoms with Crippen LogP contribution in [0.15, 0.2) is 24.3 Å². The molecule has 0 aliphatic rings. The molecule has 0 saturated carbocycles. The van der Waals surface area contributed by atoms with E-state index in [-0.39, 0.29) is 28.4 Å². The van der Waals surface area contributed by atoms with E-state index in [4.69, 9.17) is 34.2 Å². The molecular weight excluding hydrogens is 332 g/mol. The van der Waals surface area contributed by atoms with Crippen LogP contribution >= 0.6 is 11.6 Å². The molecule has 2 rings (SSSR count). The molecule has 1 aromatic heterocycles. The standard InChI is InChI=1S/C14H17ClN8O/c15-10-12(18)22-11(17)9(21-10)13(24)23-14(19)20-6-5-7-1-3-8(16)4-2-7/h1-4H,5-6,16H2,(H4,17,18,22)(H3,19,20,23,24). The maximum absolute atomic E-state index is 12.0. The van der Waals surface area contributed by atoms with Crippen LogP contribution in [-0.4, -0.2) is 28.4 Å². The molecule has 10 heteroatoms. The summed E-state index contributed by atoms with van der Waals surface area (Å²) in [6.07, 6.45) is 0.661. The number of anilines is 3. The number of rotatable bonds is 4. The minimum atomic E-state index is -0.702. The van der Waals surface area contributed by atoms with Gasteiger partial charge < -0.3 is 22.5 Å². The molecule has 9 N–H and O–H groups in total. The van der Waals surface area contributed by atoms with Gasteiger partial charge in [-0.3, -0.25) is 15.5 Å². The van der Waals surface area contributed by atoms with Crippen molar-refractivity contribution < 1.29 is 4.79 Å². The quantitative estimate of drug-likeness (QED) is 0.263. The number of hydrogen-bond acceptors (Lipinski definition) is 7. The SMILES string of the molecule is N=C(NCCc1ccc(N)cc1)NC(=O)c1nc(Cl)c(N)nc1N. The second kappa shape index (κ2) is 7.47. The van der Waals surface area contributed by atoms with Gasteiger partial charge in [0.2, 0.25) is 0 Å². The summed E-state index contributed by atoms with van der Waals surface area (Å²) in [5, 5.41) is 12.7. The summed E-state index contributed by atoms with van der Waals surface area (Å²) in [5.74, 6) is -1.12. The number of amides is 1. The number of aromatic nitrogens is 2. The molecule has 126 valence electrons. The summed E-state index contributed by atoms with van der Waals surface area (Å²) >= 11 is 5.72. The van der Waals surface area contributed by atoms with Crippen molar-refractivity contribution in [2.75, 3.05) is 23.7 Å². The molecule has 1 heterocycles. The summed E-state index contributed by atoms with van der Waals surface area (Å²) < 4.78 is 0. The molecule has 0 unspecified atom stereocenters. The third-order valence-electron chi connectivity index (χ3n) is 3.05. The van der Waals surface area contributed by atoms with Gasteiger partial charge in [-0.25, -0.2) is 9.97 Å².